The molecule has 0 bridgehead atoms. The summed E-state index contributed by atoms with van der Waals surface area (Å²) in [4.78, 5) is 18.9. The molecule has 1 atom stereocenters. The molecule has 29 heavy (non-hydrogen) atoms. The van der Waals surface area contributed by atoms with Gasteiger partial charge in [-0.1, -0.05) is 25.7 Å². The Kier molecular flexibility index (Phi) is 8.00. The van der Waals surface area contributed by atoms with E-state index in [9.17, 15) is 4.79 Å². The van der Waals surface area contributed by atoms with Crippen molar-refractivity contribution in [2.75, 3.05) is 25.0 Å². The summed E-state index contributed by atoms with van der Waals surface area (Å²) in [6.07, 6.45) is 8.53. The molecule has 0 radical (unpaired) electrons. The third kappa shape index (κ3) is 5.93. The zero-order valence-electron chi connectivity index (χ0n) is 18.1. The molecular formula is C24H34N4O. The van der Waals surface area contributed by atoms with Crippen LogP contribution in [0.25, 0.3) is 5.70 Å². The summed E-state index contributed by atoms with van der Waals surface area (Å²) in [5, 5.41) is 6.29. The van der Waals surface area contributed by atoms with Crippen LogP contribution >= 0.6 is 0 Å². The standard InChI is InChI=1S/C24H34N4O/c1-7-11-24(6)12-9-10-14-28(24)15-13-25-21(8-2)20-16-22(19(5)26-17-20)27-23(29)18(3)4/h7,16-17,25H,1-3,9-15H2,4-6H3,(H,27,29). The fourth-order valence-corrected chi connectivity index (χ4v) is 3.77. The molecule has 0 spiro atoms. The average Bonchev–Trinajstić information content (AvgIpc) is 2.68. The van der Waals surface area contributed by atoms with Crippen LogP contribution in [0.15, 0.2) is 49.4 Å². The Bertz CT molecular complexity index is 822. The van der Waals surface area contributed by atoms with Crippen molar-refractivity contribution in [3.05, 3.63) is 60.6 Å². The number of rotatable bonds is 9. The second-order valence-electron chi connectivity index (χ2n) is 8.00. The van der Waals surface area contributed by atoms with Crippen molar-refractivity contribution in [1.82, 2.24) is 15.2 Å². The molecule has 2 N–H and O–H groups in total. The maximum absolute atomic E-state index is 12.0. The Morgan fingerprint density at radius 1 is 1.45 bits per heavy atom. The Balaban J connectivity index is 2.05. The summed E-state index contributed by atoms with van der Waals surface area (Å²) in [5.41, 5.74) is 6.66. The lowest BCUT2D eigenvalue weighted by molar-refractivity contribution is -0.112. The number of pyridine rings is 1. The summed E-state index contributed by atoms with van der Waals surface area (Å²) in [7, 11) is 0. The van der Waals surface area contributed by atoms with E-state index in [2.05, 4.69) is 52.9 Å². The van der Waals surface area contributed by atoms with Gasteiger partial charge in [0.1, 0.15) is 0 Å². The van der Waals surface area contributed by atoms with Crippen LogP contribution < -0.4 is 10.6 Å². The zero-order chi connectivity index (χ0) is 21.4. The number of nitrogens with one attached hydrogen (secondary N) is 2. The molecule has 1 fully saturated rings. The summed E-state index contributed by atoms with van der Waals surface area (Å²) in [5.74, 6) is -0.212. The van der Waals surface area contributed by atoms with Gasteiger partial charge in [-0.3, -0.25) is 14.7 Å². The van der Waals surface area contributed by atoms with Crippen molar-refractivity contribution < 1.29 is 4.79 Å². The number of carbonyl (C=O) groups is 1. The fourth-order valence-electron chi connectivity index (χ4n) is 3.77. The van der Waals surface area contributed by atoms with Crippen molar-refractivity contribution in [2.45, 2.75) is 52.0 Å². The summed E-state index contributed by atoms with van der Waals surface area (Å²) in [6.45, 7) is 20.1. The first-order chi connectivity index (χ1) is 13.8. The number of nitrogens with zero attached hydrogens (tertiary/aromatic N) is 2. The number of likely N-dealkylation sites (tertiary alicyclic amines) is 1. The number of hydrogen-bond donors (Lipinski definition) is 2. The summed E-state index contributed by atoms with van der Waals surface area (Å²) < 4.78 is 0. The van der Waals surface area contributed by atoms with Gasteiger partial charge in [0.05, 0.1) is 17.1 Å². The minimum absolute atomic E-state index is 0.186. The number of aromatic nitrogens is 1. The van der Waals surface area contributed by atoms with E-state index in [4.69, 9.17) is 0 Å². The quantitative estimate of drug-likeness (QED) is 0.369. The minimum atomic E-state index is -0.212. The Morgan fingerprint density at radius 2 is 2.21 bits per heavy atom. The van der Waals surface area contributed by atoms with Crippen LogP contribution in [0.4, 0.5) is 5.69 Å². The Hall–Kier alpha value is -2.62. The molecule has 5 nitrogen and oxygen atoms in total. The molecule has 156 valence electrons. The predicted octanol–water partition coefficient (Wildman–Crippen LogP) is 4.44. The van der Waals surface area contributed by atoms with Gasteiger partial charge in [-0.2, -0.15) is 0 Å². The molecule has 1 unspecified atom stereocenters. The van der Waals surface area contributed by atoms with Crippen LogP contribution in [0.1, 0.15) is 50.8 Å². The second-order valence-corrected chi connectivity index (χ2v) is 8.00. The highest BCUT2D eigenvalue weighted by Crippen LogP contribution is 2.30. The third-order valence-corrected chi connectivity index (χ3v) is 5.61. The maximum Gasteiger partial charge on any atom is 0.250 e. The van der Waals surface area contributed by atoms with Gasteiger partial charge in [0.25, 0.3) is 5.91 Å². The molecule has 2 heterocycles. The SMILES string of the molecule is C=C=C(NCCN1CCCCC1(C)CC=C)c1cnc(C)c(NC(=O)C(=C)C)c1. The maximum atomic E-state index is 12.0. The van der Waals surface area contributed by atoms with Gasteiger partial charge in [0.2, 0.25) is 0 Å². The van der Waals surface area contributed by atoms with Crippen LogP contribution in [0, 0.1) is 6.92 Å². The van der Waals surface area contributed by atoms with Crippen LogP contribution in [-0.2, 0) is 4.79 Å². The molecule has 1 aliphatic heterocycles. The first-order valence-electron chi connectivity index (χ1n) is 10.2. The van der Waals surface area contributed by atoms with Gasteiger partial charge >= 0.3 is 0 Å². The lowest BCUT2D eigenvalue weighted by Gasteiger charge is -2.45. The lowest BCUT2D eigenvalue weighted by atomic mass is 9.85. The molecule has 1 aromatic rings. The lowest BCUT2D eigenvalue weighted by Crippen LogP contribution is -2.51. The van der Waals surface area contributed by atoms with Gasteiger partial charge < -0.3 is 10.6 Å². The summed E-state index contributed by atoms with van der Waals surface area (Å²) >= 11 is 0. The number of piperidine rings is 1. The average molecular weight is 395 g/mol. The Labute approximate surface area is 175 Å². The molecule has 0 aromatic carbocycles. The number of anilines is 1. The van der Waals surface area contributed by atoms with Crippen LogP contribution in [0.2, 0.25) is 0 Å². The molecule has 2 rings (SSSR count). The fraction of sp³-hybridized carbons (Fsp3) is 0.458. The number of carbonyl (C=O) groups excluding carboxylic acids is 1. The number of aryl methyl sites for hydroxylation is 1. The molecule has 1 aromatic heterocycles. The highest BCUT2D eigenvalue weighted by molar-refractivity contribution is 6.03. The van der Waals surface area contributed by atoms with E-state index in [1.807, 2.05) is 19.1 Å². The van der Waals surface area contributed by atoms with Crippen LogP contribution in [0.5, 0.6) is 0 Å². The van der Waals surface area contributed by atoms with E-state index in [0.717, 1.165) is 43.0 Å². The van der Waals surface area contributed by atoms with Crippen molar-refractivity contribution >= 4 is 17.3 Å². The van der Waals surface area contributed by atoms with Gasteiger partial charge in [0, 0.05) is 36.0 Å². The van der Waals surface area contributed by atoms with Crippen molar-refractivity contribution in [1.29, 1.82) is 0 Å². The van der Waals surface area contributed by atoms with Gasteiger partial charge in [0.15, 0.2) is 0 Å². The molecule has 1 aliphatic rings. The highest BCUT2D eigenvalue weighted by Gasteiger charge is 2.32. The highest BCUT2D eigenvalue weighted by atomic mass is 16.1. The van der Waals surface area contributed by atoms with Crippen molar-refractivity contribution in [3.8, 4) is 0 Å². The third-order valence-electron chi connectivity index (χ3n) is 5.61. The molecular weight excluding hydrogens is 360 g/mol. The van der Waals surface area contributed by atoms with E-state index in [1.54, 1.807) is 13.1 Å². The normalized spacial score (nSPS) is 19.1. The molecule has 5 heteroatoms. The van der Waals surface area contributed by atoms with E-state index >= 15 is 0 Å². The van der Waals surface area contributed by atoms with E-state index in [1.165, 1.54) is 19.3 Å². The van der Waals surface area contributed by atoms with E-state index in [0.29, 0.717) is 11.3 Å². The molecule has 1 saturated heterocycles. The predicted molar refractivity (Wildman–Crippen MR) is 122 cm³/mol. The Morgan fingerprint density at radius 3 is 2.86 bits per heavy atom. The largest absolute Gasteiger partial charge is 0.377 e. The molecule has 0 aliphatic carbocycles. The minimum Gasteiger partial charge on any atom is -0.377 e. The van der Waals surface area contributed by atoms with Crippen molar-refractivity contribution in [2.24, 2.45) is 0 Å². The van der Waals surface area contributed by atoms with E-state index in [-0.39, 0.29) is 11.4 Å². The zero-order valence-corrected chi connectivity index (χ0v) is 18.1. The number of amides is 1. The first-order valence-corrected chi connectivity index (χ1v) is 10.2. The molecule has 1 amide bonds. The van der Waals surface area contributed by atoms with E-state index < -0.39 is 0 Å². The summed E-state index contributed by atoms with van der Waals surface area (Å²) in [6, 6.07) is 1.90. The van der Waals surface area contributed by atoms with Gasteiger partial charge in [-0.05, 0) is 52.6 Å². The topological polar surface area (TPSA) is 57.3 Å². The first kappa shape index (κ1) is 22.7. The van der Waals surface area contributed by atoms with Gasteiger partial charge in [-0.25, -0.2) is 0 Å². The van der Waals surface area contributed by atoms with Gasteiger partial charge in [-0.15, -0.1) is 12.3 Å². The monoisotopic (exact) mass is 394 g/mol. The van der Waals surface area contributed by atoms with Crippen LogP contribution in [0.3, 0.4) is 0 Å². The molecule has 0 saturated carbocycles. The van der Waals surface area contributed by atoms with Crippen LogP contribution in [-0.4, -0.2) is 41.0 Å². The number of hydrogen-bond acceptors (Lipinski definition) is 4. The smallest absolute Gasteiger partial charge is 0.250 e. The van der Waals surface area contributed by atoms with Crippen molar-refractivity contribution in [3.63, 3.8) is 0 Å². The second kappa shape index (κ2) is 10.2.